The lowest BCUT2D eigenvalue weighted by Gasteiger charge is -2.32. The molecule has 0 radical (unpaired) electrons. The Morgan fingerprint density at radius 1 is 1.21 bits per heavy atom. The Labute approximate surface area is 167 Å². The molecule has 2 rings (SSSR count). The molecule has 2 heterocycles. The van der Waals surface area contributed by atoms with Gasteiger partial charge in [-0.25, -0.2) is 4.79 Å². The van der Waals surface area contributed by atoms with E-state index in [1.807, 2.05) is 18.7 Å². The molecule has 1 aliphatic heterocycles. The molecule has 156 valence electrons. The molecule has 0 bridgehead atoms. The van der Waals surface area contributed by atoms with Crippen molar-refractivity contribution in [3.63, 3.8) is 0 Å². The lowest BCUT2D eigenvalue weighted by molar-refractivity contribution is -0.122. The summed E-state index contributed by atoms with van der Waals surface area (Å²) in [6, 6.07) is 0.197. The molecule has 1 aliphatic rings. The number of likely N-dealkylation sites (tertiary alicyclic amines) is 1. The van der Waals surface area contributed by atoms with Crippen molar-refractivity contribution in [3.8, 4) is 0 Å². The van der Waals surface area contributed by atoms with Crippen LogP contribution < -0.4 is 5.32 Å². The smallest absolute Gasteiger partial charge is 0.355 e. The number of aromatic amines is 1. The number of rotatable bonds is 7. The number of carbonyl (C=O) groups excluding carboxylic acids is 3. The number of ether oxygens (including phenoxy) is 1. The van der Waals surface area contributed by atoms with E-state index in [0.29, 0.717) is 47.9 Å². The number of hydrogen-bond acceptors (Lipinski definition) is 4. The van der Waals surface area contributed by atoms with Gasteiger partial charge in [0.15, 0.2) is 0 Å². The highest BCUT2D eigenvalue weighted by atomic mass is 16.5. The van der Waals surface area contributed by atoms with Crippen molar-refractivity contribution in [3.05, 3.63) is 22.5 Å². The number of hydrogen-bond donors (Lipinski definition) is 2. The first kappa shape index (κ1) is 22.0. The minimum Gasteiger partial charge on any atom is -0.461 e. The fourth-order valence-electron chi connectivity index (χ4n) is 3.67. The van der Waals surface area contributed by atoms with Gasteiger partial charge in [-0.05, 0) is 58.4 Å². The summed E-state index contributed by atoms with van der Waals surface area (Å²) in [7, 11) is 0. The molecule has 1 aromatic heterocycles. The number of H-pyrrole nitrogens is 1. The van der Waals surface area contributed by atoms with Crippen molar-refractivity contribution >= 4 is 17.8 Å². The summed E-state index contributed by atoms with van der Waals surface area (Å²) in [6.45, 7) is 10.9. The van der Waals surface area contributed by atoms with E-state index in [2.05, 4.69) is 10.3 Å². The van der Waals surface area contributed by atoms with Crippen LogP contribution in [0.4, 0.5) is 0 Å². The highest BCUT2D eigenvalue weighted by Gasteiger charge is 2.29. The van der Waals surface area contributed by atoms with Crippen LogP contribution in [-0.4, -0.2) is 53.4 Å². The molecule has 1 unspecified atom stereocenters. The van der Waals surface area contributed by atoms with Crippen LogP contribution in [0.15, 0.2) is 0 Å². The molecule has 0 aliphatic carbocycles. The standard InChI is InChI=1S/C21H33N3O4/c1-6-13(3)22-17(25)12-16-8-10-24(11-9-16)20(26)18-14(4)19(23-15(18)5)21(27)28-7-2/h13,16,23H,6-12H2,1-5H3,(H,22,25). The number of aryl methyl sites for hydroxylation is 1. The number of nitrogens with one attached hydrogen (secondary N) is 2. The molecule has 1 saturated heterocycles. The number of amides is 2. The van der Waals surface area contributed by atoms with Crippen LogP contribution in [0.3, 0.4) is 0 Å². The Kier molecular flexibility index (Phi) is 7.66. The Morgan fingerprint density at radius 3 is 2.43 bits per heavy atom. The lowest BCUT2D eigenvalue weighted by atomic mass is 9.92. The van der Waals surface area contributed by atoms with Gasteiger partial charge in [0.05, 0.1) is 12.2 Å². The summed E-state index contributed by atoms with van der Waals surface area (Å²) in [6.07, 6.45) is 3.06. The van der Waals surface area contributed by atoms with Gasteiger partial charge in [-0.1, -0.05) is 6.92 Å². The predicted octanol–water partition coefficient (Wildman–Crippen LogP) is 2.97. The SMILES string of the molecule is CCOC(=O)c1[nH]c(C)c(C(=O)N2CCC(CC(=O)NC(C)CC)CC2)c1C. The van der Waals surface area contributed by atoms with Gasteiger partial charge < -0.3 is 19.9 Å². The number of carbonyl (C=O) groups is 3. The van der Waals surface area contributed by atoms with Gasteiger partial charge in [0.1, 0.15) is 5.69 Å². The summed E-state index contributed by atoms with van der Waals surface area (Å²) in [5, 5.41) is 3.01. The summed E-state index contributed by atoms with van der Waals surface area (Å²) in [4.78, 5) is 42.0. The normalized spacial score (nSPS) is 16.0. The van der Waals surface area contributed by atoms with Gasteiger partial charge in [0.25, 0.3) is 5.91 Å². The van der Waals surface area contributed by atoms with Gasteiger partial charge in [-0.15, -0.1) is 0 Å². The van der Waals surface area contributed by atoms with Gasteiger partial charge in [-0.3, -0.25) is 9.59 Å². The van der Waals surface area contributed by atoms with Gasteiger partial charge in [0.2, 0.25) is 5.91 Å². The number of nitrogens with zero attached hydrogens (tertiary/aromatic N) is 1. The van der Waals surface area contributed by atoms with E-state index in [-0.39, 0.29) is 24.5 Å². The third-order valence-electron chi connectivity index (χ3n) is 5.53. The van der Waals surface area contributed by atoms with Crippen LogP contribution in [-0.2, 0) is 9.53 Å². The van der Waals surface area contributed by atoms with Crippen LogP contribution in [0.1, 0.15) is 78.6 Å². The van der Waals surface area contributed by atoms with E-state index in [9.17, 15) is 14.4 Å². The summed E-state index contributed by atoms with van der Waals surface area (Å²) >= 11 is 0. The maximum atomic E-state index is 13.0. The third kappa shape index (κ3) is 5.14. The van der Waals surface area contributed by atoms with Crippen molar-refractivity contribution in [1.29, 1.82) is 0 Å². The predicted molar refractivity (Wildman–Crippen MR) is 107 cm³/mol. The Bertz CT molecular complexity index is 717. The van der Waals surface area contributed by atoms with Crippen LogP contribution >= 0.6 is 0 Å². The van der Waals surface area contributed by atoms with E-state index in [0.717, 1.165) is 19.3 Å². The van der Waals surface area contributed by atoms with Crippen LogP contribution in [0.25, 0.3) is 0 Å². The van der Waals surface area contributed by atoms with E-state index >= 15 is 0 Å². The molecule has 0 spiro atoms. The quantitative estimate of drug-likeness (QED) is 0.699. The number of piperidine rings is 1. The molecule has 1 fully saturated rings. The van der Waals surface area contributed by atoms with E-state index in [1.165, 1.54) is 0 Å². The molecular formula is C21H33N3O4. The second-order valence-electron chi connectivity index (χ2n) is 7.66. The van der Waals surface area contributed by atoms with Gasteiger partial charge in [-0.2, -0.15) is 0 Å². The van der Waals surface area contributed by atoms with E-state index < -0.39 is 5.97 Å². The Balaban J connectivity index is 1.97. The Morgan fingerprint density at radius 2 is 1.86 bits per heavy atom. The van der Waals surface area contributed by atoms with Gasteiger partial charge >= 0.3 is 5.97 Å². The second kappa shape index (κ2) is 9.75. The van der Waals surface area contributed by atoms with Crippen LogP contribution in [0.5, 0.6) is 0 Å². The third-order valence-corrected chi connectivity index (χ3v) is 5.53. The molecule has 1 atom stereocenters. The highest BCUT2D eigenvalue weighted by Crippen LogP contribution is 2.25. The minimum atomic E-state index is -0.437. The van der Waals surface area contributed by atoms with Crippen molar-refractivity contribution in [2.45, 2.75) is 66.3 Å². The molecule has 0 saturated carbocycles. The monoisotopic (exact) mass is 391 g/mol. The minimum absolute atomic E-state index is 0.0655. The fourth-order valence-corrected chi connectivity index (χ4v) is 3.67. The van der Waals surface area contributed by atoms with Crippen LogP contribution in [0.2, 0.25) is 0 Å². The molecule has 28 heavy (non-hydrogen) atoms. The molecule has 7 heteroatoms. The first-order valence-electron chi connectivity index (χ1n) is 10.2. The summed E-state index contributed by atoms with van der Waals surface area (Å²) < 4.78 is 5.06. The van der Waals surface area contributed by atoms with Crippen molar-refractivity contribution in [1.82, 2.24) is 15.2 Å². The van der Waals surface area contributed by atoms with Crippen molar-refractivity contribution < 1.29 is 19.1 Å². The average Bonchev–Trinajstić information content (AvgIpc) is 2.96. The Hall–Kier alpha value is -2.31. The lowest BCUT2D eigenvalue weighted by Crippen LogP contribution is -2.40. The van der Waals surface area contributed by atoms with Crippen LogP contribution in [0, 0.1) is 19.8 Å². The van der Waals surface area contributed by atoms with Crippen molar-refractivity contribution in [2.24, 2.45) is 5.92 Å². The zero-order valence-corrected chi connectivity index (χ0v) is 17.7. The molecule has 7 nitrogen and oxygen atoms in total. The molecular weight excluding hydrogens is 358 g/mol. The molecule has 2 amide bonds. The zero-order valence-electron chi connectivity index (χ0n) is 17.7. The molecule has 0 aromatic carbocycles. The van der Waals surface area contributed by atoms with E-state index in [4.69, 9.17) is 4.74 Å². The largest absolute Gasteiger partial charge is 0.461 e. The number of aromatic nitrogens is 1. The topological polar surface area (TPSA) is 91.5 Å². The fraction of sp³-hybridized carbons (Fsp3) is 0.667. The average molecular weight is 392 g/mol. The summed E-state index contributed by atoms with van der Waals surface area (Å²) in [5.74, 6) is -0.107. The van der Waals surface area contributed by atoms with Gasteiger partial charge in [0, 0.05) is 31.2 Å². The molecule has 2 N–H and O–H groups in total. The second-order valence-corrected chi connectivity index (χ2v) is 7.66. The highest BCUT2D eigenvalue weighted by molar-refractivity contribution is 6.01. The first-order chi connectivity index (χ1) is 13.3. The number of esters is 1. The first-order valence-corrected chi connectivity index (χ1v) is 10.2. The zero-order chi connectivity index (χ0) is 20.8. The maximum absolute atomic E-state index is 13.0. The molecule has 1 aromatic rings. The van der Waals surface area contributed by atoms with Crippen molar-refractivity contribution in [2.75, 3.05) is 19.7 Å². The maximum Gasteiger partial charge on any atom is 0.355 e. The van der Waals surface area contributed by atoms with E-state index in [1.54, 1.807) is 20.8 Å². The summed E-state index contributed by atoms with van der Waals surface area (Å²) in [5.41, 5.74) is 2.21.